The molecule has 0 spiro atoms. The summed E-state index contributed by atoms with van der Waals surface area (Å²) < 4.78 is 57.5. The number of hydrogen-bond acceptors (Lipinski definition) is 4. The van der Waals surface area contributed by atoms with Gasteiger partial charge in [-0.1, -0.05) is 23.7 Å². The van der Waals surface area contributed by atoms with Gasteiger partial charge in [0.1, 0.15) is 0 Å². The van der Waals surface area contributed by atoms with Crippen LogP contribution in [0.5, 0.6) is 0 Å². The number of benzene rings is 2. The van der Waals surface area contributed by atoms with Crippen LogP contribution in [0.15, 0.2) is 30.3 Å². The summed E-state index contributed by atoms with van der Waals surface area (Å²) >= 11 is 6.03. The van der Waals surface area contributed by atoms with Gasteiger partial charge in [-0.05, 0) is 18.2 Å². The maximum atomic E-state index is 11.6. The van der Waals surface area contributed by atoms with E-state index in [0.717, 1.165) is 5.39 Å². The Morgan fingerprint density at radius 1 is 1.00 bits per heavy atom. The van der Waals surface area contributed by atoms with E-state index >= 15 is 0 Å². The molecule has 0 unspecified atom stereocenters. The number of carbonyl (C=O) groups excluding carboxylic acids is 2. The molecule has 1 aliphatic heterocycles. The first kappa shape index (κ1) is 18.2. The number of halogens is 4. The molecule has 1 aliphatic rings. The van der Waals surface area contributed by atoms with Gasteiger partial charge in [0.25, 0.3) is 11.8 Å². The highest BCUT2D eigenvalue weighted by Gasteiger charge is 2.44. The molecule has 1 heterocycles. The highest BCUT2D eigenvalue weighted by Crippen LogP contribution is 2.31. The second-order valence-electron chi connectivity index (χ2n) is 4.53. The van der Waals surface area contributed by atoms with Gasteiger partial charge in [-0.25, -0.2) is 0 Å². The van der Waals surface area contributed by atoms with Gasteiger partial charge in [0.05, 0.1) is 0 Å². The normalized spacial score (nSPS) is 14.0. The summed E-state index contributed by atoms with van der Waals surface area (Å²) in [5.41, 5.74) is -4.54. The van der Waals surface area contributed by atoms with Crippen LogP contribution in [0.2, 0.25) is 5.02 Å². The van der Waals surface area contributed by atoms with Crippen LogP contribution in [0, 0.1) is 0 Å². The van der Waals surface area contributed by atoms with Crippen molar-refractivity contribution in [3.05, 3.63) is 46.5 Å². The predicted molar refractivity (Wildman–Crippen MR) is 78.4 cm³/mol. The molecule has 128 valence electrons. The molecular weight excluding hydrogens is 375 g/mol. The monoisotopic (exact) mass is 381 g/mol. The Kier molecular flexibility index (Phi) is 4.57. The van der Waals surface area contributed by atoms with Gasteiger partial charge in [0, 0.05) is 26.9 Å². The molecule has 0 atom stereocenters. The molecule has 0 aromatic heterocycles. The van der Waals surface area contributed by atoms with E-state index < -0.39 is 15.6 Å². The average Bonchev–Trinajstić information content (AvgIpc) is 2.44. The zero-order valence-electron chi connectivity index (χ0n) is 11.4. The molecule has 2 aromatic rings. The standard InChI is InChI=1S/C12H6ClNO2.CHF3O3S/c13-9-5-4-8-10-6(9)2-1-3-7(10)11(15)14-12(8)16;2-1(3,4)8(5,6)7/h1-5H,(H,14,15,16);(H,5,6,7). The van der Waals surface area contributed by atoms with Crippen LogP contribution in [0.1, 0.15) is 20.7 Å². The van der Waals surface area contributed by atoms with Gasteiger partial charge in [0.15, 0.2) is 0 Å². The van der Waals surface area contributed by atoms with Crippen molar-refractivity contribution in [1.29, 1.82) is 0 Å². The van der Waals surface area contributed by atoms with E-state index in [1.54, 1.807) is 30.3 Å². The predicted octanol–water partition coefficient (Wildman–Crippen LogP) is 2.77. The molecule has 0 fully saturated rings. The SMILES string of the molecule is O=C1NC(=O)c2ccc(Cl)c3cccc1c23.O=S(=O)(O)C(F)(F)F. The molecular formula is C13H7ClF3NO5S. The van der Waals surface area contributed by atoms with Crippen molar-refractivity contribution in [3.63, 3.8) is 0 Å². The number of imide groups is 1. The van der Waals surface area contributed by atoms with Crippen molar-refractivity contribution in [2.45, 2.75) is 5.51 Å². The van der Waals surface area contributed by atoms with Crippen molar-refractivity contribution >= 4 is 44.3 Å². The van der Waals surface area contributed by atoms with Gasteiger partial charge in [-0.15, -0.1) is 0 Å². The Morgan fingerprint density at radius 3 is 2.00 bits per heavy atom. The summed E-state index contributed by atoms with van der Waals surface area (Å²) in [5.74, 6) is -0.740. The molecule has 0 radical (unpaired) electrons. The molecule has 0 aliphatic carbocycles. The minimum atomic E-state index is -5.84. The average molecular weight is 382 g/mol. The Labute approximate surface area is 138 Å². The summed E-state index contributed by atoms with van der Waals surface area (Å²) in [6.45, 7) is 0. The smallest absolute Gasteiger partial charge is 0.288 e. The largest absolute Gasteiger partial charge is 0.522 e. The Balaban J connectivity index is 0.000000224. The molecule has 2 aromatic carbocycles. The lowest BCUT2D eigenvalue weighted by molar-refractivity contribution is -0.0510. The quantitative estimate of drug-likeness (QED) is 0.415. The molecule has 0 saturated heterocycles. The zero-order chi connectivity index (χ0) is 18.3. The van der Waals surface area contributed by atoms with Crippen molar-refractivity contribution in [2.24, 2.45) is 0 Å². The first-order valence-electron chi connectivity index (χ1n) is 6.04. The summed E-state index contributed by atoms with van der Waals surface area (Å²) in [5, 5.41) is 4.22. The maximum absolute atomic E-state index is 11.6. The fraction of sp³-hybridized carbons (Fsp3) is 0.0769. The van der Waals surface area contributed by atoms with Crippen LogP contribution < -0.4 is 5.32 Å². The summed E-state index contributed by atoms with van der Waals surface area (Å²) in [4.78, 5) is 23.2. The van der Waals surface area contributed by atoms with Crippen LogP contribution in [-0.2, 0) is 10.1 Å². The van der Waals surface area contributed by atoms with Crippen molar-refractivity contribution < 1.29 is 35.7 Å². The highest BCUT2D eigenvalue weighted by molar-refractivity contribution is 7.86. The summed E-state index contributed by atoms with van der Waals surface area (Å²) in [6.07, 6.45) is 0. The molecule has 6 nitrogen and oxygen atoms in total. The lowest BCUT2D eigenvalue weighted by Crippen LogP contribution is -2.34. The molecule has 2 amide bonds. The minimum absolute atomic E-state index is 0.370. The van der Waals surface area contributed by atoms with E-state index in [0.29, 0.717) is 21.5 Å². The highest BCUT2D eigenvalue weighted by atomic mass is 35.5. The first-order chi connectivity index (χ1) is 10.9. The van der Waals surface area contributed by atoms with E-state index in [2.05, 4.69) is 5.32 Å². The number of hydrogen-bond donors (Lipinski definition) is 2. The van der Waals surface area contributed by atoms with E-state index in [-0.39, 0.29) is 11.8 Å². The number of rotatable bonds is 0. The molecule has 2 N–H and O–H groups in total. The lowest BCUT2D eigenvalue weighted by Gasteiger charge is -2.16. The minimum Gasteiger partial charge on any atom is -0.288 e. The van der Waals surface area contributed by atoms with Crippen molar-refractivity contribution in [3.8, 4) is 0 Å². The third-order valence-electron chi connectivity index (χ3n) is 3.00. The van der Waals surface area contributed by atoms with E-state index in [4.69, 9.17) is 24.6 Å². The van der Waals surface area contributed by atoms with E-state index in [1.807, 2.05) is 0 Å². The zero-order valence-corrected chi connectivity index (χ0v) is 13.0. The van der Waals surface area contributed by atoms with Gasteiger partial charge >= 0.3 is 15.6 Å². The van der Waals surface area contributed by atoms with Crippen LogP contribution in [0.3, 0.4) is 0 Å². The summed E-state index contributed by atoms with van der Waals surface area (Å²) in [6, 6.07) is 8.54. The van der Waals surface area contributed by atoms with E-state index in [9.17, 15) is 22.8 Å². The third-order valence-corrected chi connectivity index (χ3v) is 3.91. The molecule has 11 heteroatoms. The van der Waals surface area contributed by atoms with E-state index in [1.165, 1.54) is 0 Å². The fourth-order valence-electron chi connectivity index (χ4n) is 1.99. The second-order valence-corrected chi connectivity index (χ2v) is 6.35. The lowest BCUT2D eigenvalue weighted by atomic mass is 9.95. The molecule has 0 bridgehead atoms. The first-order valence-corrected chi connectivity index (χ1v) is 7.86. The van der Waals surface area contributed by atoms with Crippen LogP contribution in [-0.4, -0.2) is 30.3 Å². The number of carbonyl (C=O) groups is 2. The van der Waals surface area contributed by atoms with Crippen molar-refractivity contribution in [1.82, 2.24) is 5.32 Å². The number of amides is 2. The Morgan fingerprint density at radius 2 is 1.50 bits per heavy atom. The van der Waals surface area contributed by atoms with Crippen LogP contribution in [0.4, 0.5) is 13.2 Å². The van der Waals surface area contributed by atoms with Gasteiger partial charge in [-0.3, -0.25) is 19.5 Å². The Hall–Kier alpha value is -2.17. The second kappa shape index (κ2) is 6.04. The fourth-order valence-corrected chi connectivity index (χ4v) is 2.21. The molecule has 24 heavy (non-hydrogen) atoms. The van der Waals surface area contributed by atoms with Gasteiger partial charge < -0.3 is 0 Å². The topological polar surface area (TPSA) is 101 Å². The number of nitrogens with one attached hydrogen (secondary N) is 1. The summed E-state index contributed by atoms with van der Waals surface area (Å²) in [7, 11) is -5.84. The van der Waals surface area contributed by atoms with Crippen molar-refractivity contribution in [2.75, 3.05) is 0 Å². The van der Waals surface area contributed by atoms with Crippen LogP contribution >= 0.6 is 11.6 Å². The Bertz CT molecular complexity index is 936. The third kappa shape index (κ3) is 3.35. The number of alkyl halides is 3. The van der Waals surface area contributed by atoms with Gasteiger partial charge in [0.2, 0.25) is 0 Å². The van der Waals surface area contributed by atoms with Gasteiger partial charge in [-0.2, -0.15) is 21.6 Å². The maximum Gasteiger partial charge on any atom is 0.522 e. The molecule has 3 rings (SSSR count). The molecule has 0 saturated carbocycles. The van der Waals surface area contributed by atoms with Crippen LogP contribution in [0.25, 0.3) is 10.8 Å².